The van der Waals surface area contributed by atoms with E-state index in [2.05, 4.69) is 52.7 Å². The van der Waals surface area contributed by atoms with Gasteiger partial charge in [-0.25, -0.2) is 0 Å². The molecule has 0 aliphatic carbocycles. The Morgan fingerprint density at radius 2 is 1.52 bits per heavy atom. The predicted octanol–water partition coefficient (Wildman–Crippen LogP) is 2.89. The van der Waals surface area contributed by atoms with Crippen molar-refractivity contribution in [2.45, 2.75) is 32.5 Å². The van der Waals surface area contributed by atoms with Crippen LogP contribution < -0.4 is 5.32 Å². The molecule has 0 radical (unpaired) electrons. The number of hydrogen-bond donors (Lipinski definition) is 1. The number of nitrogens with zero attached hydrogens (tertiary/aromatic N) is 1. The Labute approximate surface area is 126 Å². The van der Waals surface area contributed by atoms with E-state index >= 15 is 0 Å². The van der Waals surface area contributed by atoms with Crippen molar-refractivity contribution in [2.24, 2.45) is 0 Å². The molecule has 0 unspecified atom stereocenters. The van der Waals surface area contributed by atoms with Crippen molar-refractivity contribution < 1.29 is 0 Å². The first kappa shape index (κ1) is 13.1. The maximum absolute atomic E-state index is 3.43. The Balaban J connectivity index is 1.46. The molecule has 2 aromatic carbocycles. The number of benzene rings is 2. The molecule has 4 rings (SSSR count). The minimum absolute atomic E-state index is 1.04. The normalized spacial score (nSPS) is 18.1. The fourth-order valence-corrected chi connectivity index (χ4v) is 3.58. The fourth-order valence-electron chi connectivity index (χ4n) is 3.58. The van der Waals surface area contributed by atoms with Crippen LogP contribution in [0.25, 0.3) is 0 Å². The van der Waals surface area contributed by atoms with Gasteiger partial charge in [0.25, 0.3) is 0 Å². The Morgan fingerprint density at radius 3 is 2.29 bits per heavy atom. The van der Waals surface area contributed by atoms with E-state index in [0.29, 0.717) is 0 Å². The molecular weight excluding hydrogens is 256 g/mol. The Hall–Kier alpha value is -1.64. The van der Waals surface area contributed by atoms with Crippen LogP contribution in [0.1, 0.15) is 27.8 Å². The lowest BCUT2D eigenvalue weighted by Gasteiger charge is -2.20. The smallest absolute Gasteiger partial charge is 0.0234 e. The van der Waals surface area contributed by atoms with E-state index in [-0.39, 0.29) is 0 Å². The van der Waals surface area contributed by atoms with Crippen LogP contribution in [0.3, 0.4) is 0 Å². The molecule has 0 fully saturated rings. The first-order chi connectivity index (χ1) is 10.4. The summed E-state index contributed by atoms with van der Waals surface area (Å²) in [6.07, 6.45) is 2.37. The first-order valence-corrected chi connectivity index (χ1v) is 7.99. The molecule has 108 valence electrons. The largest absolute Gasteiger partial charge is 0.309 e. The van der Waals surface area contributed by atoms with E-state index < -0.39 is 0 Å². The number of hydrogen-bond acceptors (Lipinski definition) is 2. The molecule has 0 amide bonds. The van der Waals surface area contributed by atoms with Gasteiger partial charge in [-0.3, -0.25) is 4.90 Å². The van der Waals surface area contributed by atoms with E-state index in [4.69, 9.17) is 0 Å². The van der Waals surface area contributed by atoms with Crippen LogP contribution in [0.2, 0.25) is 0 Å². The third kappa shape index (κ3) is 2.74. The summed E-state index contributed by atoms with van der Waals surface area (Å²) in [7, 11) is 0. The van der Waals surface area contributed by atoms with Gasteiger partial charge in [0, 0.05) is 32.7 Å². The third-order valence-corrected chi connectivity index (χ3v) is 4.82. The van der Waals surface area contributed by atoms with Crippen LogP contribution in [0.4, 0.5) is 0 Å². The molecule has 2 heterocycles. The summed E-state index contributed by atoms with van der Waals surface area (Å²) in [5.74, 6) is 0. The molecule has 2 aliphatic rings. The Kier molecular flexibility index (Phi) is 3.50. The summed E-state index contributed by atoms with van der Waals surface area (Å²) in [6, 6.07) is 15.9. The summed E-state index contributed by atoms with van der Waals surface area (Å²) in [4.78, 5) is 2.60. The fraction of sp³-hybridized carbons (Fsp3) is 0.368. The van der Waals surface area contributed by atoms with Gasteiger partial charge in [0.15, 0.2) is 0 Å². The predicted molar refractivity (Wildman–Crippen MR) is 86.1 cm³/mol. The summed E-state index contributed by atoms with van der Waals surface area (Å²) < 4.78 is 0. The lowest BCUT2D eigenvalue weighted by atomic mass is 10.0. The molecule has 0 bridgehead atoms. The molecule has 0 saturated heterocycles. The van der Waals surface area contributed by atoms with E-state index in [0.717, 1.165) is 19.6 Å². The second kappa shape index (κ2) is 5.63. The highest BCUT2D eigenvalue weighted by molar-refractivity contribution is 5.35. The molecule has 0 spiro atoms. The maximum Gasteiger partial charge on any atom is 0.0234 e. The van der Waals surface area contributed by atoms with Gasteiger partial charge >= 0.3 is 0 Å². The Morgan fingerprint density at radius 1 is 0.810 bits per heavy atom. The number of rotatable bonds is 2. The van der Waals surface area contributed by atoms with Gasteiger partial charge < -0.3 is 5.32 Å². The lowest BCUT2D eigenvalue weighted by Crippen LogP contribution is -2.26. The summed E-state index contributed by atoms with van der Waals surface area (Å²) >= 11 is 0. The monoisotopic (exact) mass is 278 g/mol. The zero-order chi connectivity index (χ0) is 14.1. The molecular formula is C19H22N2. The van der Waals surface area contributed by atoms with E-state index in [1.54, 1.807) is 0 Å². The topological polar surface area (TPSA) is 15.3 Å². The van der Waals surface area contributed by atoms with Crippen LogP contribution in [-0.2, 0) is 32.5 Å². The molecule has 0 saturated carbocycles. The van der Waals surface area contributed by atoms with E-state index in [1.165, 1.54) is 53.7 Å². The van der Waals surface area contributed by atoms with Crippen LogP contribution in [0.15, 0.2) is 42.5 Å². The van der Waals surface area contributed by atoms with Crippen molar-refractivity contribution in [2.75, 3.05) is 13.1 Å². The molecule has 0 aromatic heterocycles. The third-order valence-electron chi connectivity index (χ3n) is 4.82. The van der Waals surface area contributed by atoms with Gasteiger partial charge in [-0.15, -0.1) is 0 Å². The molecule has 2 heteroatoms. The first-order valence-electron chi connectivity index (χ1n) is 7.99. The molecule has 2 aliphatic heterocycles. The van der Waals surface area contributed by atoms with Crippen molar-refractivity contribution in [1.29, 1.82) is 0 Å². The minimum Gasteiger partial charge on any atom is -0.309 e. The van der Waals surface area contributed by atoms with E-state index in [9.17, 15) is 0 Å². The standard InChI is InChI=1S/C19H22N2/c1-2-4-17-8-10-21(9-7-16(17)3-1)14-15-5-6-18-12-20-13-19(18)11-15/h1-6,11,20H,7-10,12-14H2. The summed E-state index contributed by atoms with van der Waals surface area (Å²) in [5, 5.41) is 3.43. The van der Waals surface area contributed by atoms with Crippen LogP contribution in [0, 0.1) is 0 Å². The Bertz CT molecular complexity index is 621. The zero-order valence-corrected chi connectivity index (χ0v) is 12.4. The molecule has 1 N–H and O–H groups in total. The van der Waals surface area contributed by atoms with Gasteiger partial charge in [0.1, 0.15) is 0 Å². The highest BCUT2D eigenvalue weighted by atomic mass is 15.1. The van der Waals surface area contributed by atoms with Crippen LogP contribution in [-0.4, -0.2) is 18.0 Å². The minimum atomic E-state index is 1.04. The van der Waals surface area contributed by atoms with Gasteiger partial charge in [-0.05, 0) is 40.7 Å². The average Bonchev–Trinajstić information content (AvgIpc) is 2.89. The van der Waals surface area contributed by atoms with Gasteiger partial charge in [0.05, 0.1) is 0 Å². The lowest BCUT2D eigenvalue weighted by molar-refractivity contribution is 0.279. The van der Waals surface area contributed by atoms with Gasteiger partial charge in [-0.2, -0.15) is 0 Å². The second-order valence-electron chi connectivity index (χ2n) is 6.25. The highest BCUT2D eigenvalue weighted by Gasteiger charge is 2.15. The van der Waals surface area contributed by atoms with Crippen LogP contribution >= 0.6 is 0 Å². The van der Waals surface area contributed by atoms with E-state index in [1.807, 2.05) is 0 Å². The van der Waals surface area contributed by atoms with Gasteiger partial charge in [-0.1, -0.05) is 42.5 Å². The molecule has 21 heavy (non-hydrogen) atoms. The molecule has 2 nitrogen and oxygen atoms in total. The molecule has 2 aromatic rings. The van der Waals surface area contributed by atoms with Crippen molar-refractivity contribution in [3.05, 3.63) is 70.3 Å². The van der Waals surface area contributed by atoms with Crippen molar-refractivity contribution in [1.82, 2.24) is 10.2 Å². The summed E-state index contributed by atoms with van der Waals surface area (Å²) in [5.41, 5.74) is 7.51. The maximum atomic E-state index is 3.43. The zero-order valence-electron chi connectivity index (χ0n) is 12.4. The number of fused-ring (bicyclic) bond motifs is 2. The van der Waals surface area contributed by atoms with Crippen molar-refractivity contribution in [3.8, 4) is 0 Å². The van der Waals surface area contributed by atoms with Crippen molar-refractivity contribution >= 4 is 0 Å². The average molecular weight is 278 g/mol. The van der Waals surface area contributed by atoms with Crippen molar-refractivity contribution in [3.63, 3.8) is 0 Å². The quantitative estimate of drug-likeness (QED) is 0.908. The second-order valence-corrected chi connectivity index (χ2v) is 6.25. The molecule has 0 atom stereocenters. The summed E-state index contributed by atoms with van der Waals surface area (Å²) in [6.45, 7) is 5.50. The van der Waals surface area contributed by atoms with Crippen LogP contribution in [0.5, 0.6) is 0 Å². The highest BCUT2D eigenvalue weighted by Crippen LogP contribution is 2.20. The SMILES string of the molecule is c1ccc2c(c1)CCN(Cc1ccc3c(c1)CNC3)CC2. The number of nitrogens with one attached hydrogen (secondary N) is 1. The van der Waals surface area contributed by atoms with Gasteiger partial charge in [0.2, 0.25) is 0 Å².